The molecule has 0 N–H and O–H groups in total. The molecule has 146 valence electrons. The molecule has 0 saturated heterocycles. The van der Waals surface area contributed by atoms with E-state index >= 15 is 0 Å². The molecule has 0 aliphatic heterocycles. The summed E-state index contributed by atoms with van der Waals surface area (Å²) in [6, 6.07) is 28.6. The van der Waals surface area contributed by atoms with Crippen molar-refractivity contribution >= 4 is 10.9 Å². The van der Waals surface area contributed by atoms with Gasteiger partial charge >= 0.3 is 0 Å². The van der Waals surface area contributed by atoms with Gasteiger partial charge in [-0.05, 0) is 87.2 Å². The Bertz CT molecular complexity index is 859. The maximum Gasteiger partial charge on any atom is 0.166 e. The highest BCUT2D eigenvalue weighted by Gasteiger charge is 2.28. The maximum absolute atomic E-state index is 6.00. The molecule has 0 fully saturated rings. The van der Waals surface area contributed by atoms with Crippen molar-refractivity contribution in [2.45, 2.75) is 61.3 Å². The second kappa shape index (κ2) is 8.87. The molecule has 0 saturated carbocycles. The molecule has 1 atom stereocenters. The molecule has 28 heavy (non-hydrogen) atoms. The van der Waals surface area contributed by atoms with Crippen LogP contribution >= 0.6 is 0 Å². The van der Waals surface area contributed by atoms with Crippen molar-refractivity contribution in [1.82, 2.24) is 0 Å². The van der Waals surface area contributed by atoms with Crippen molar-refractivity contribution in [2.75, 3.05) is 0 Å². The summed E-state index contributed by atoms with van der Waals surface area (Å²) in [5.41, 5.74) is 1.22. The summed E-state index contributed by atoms with van der Waals surface area (Å²) in [6.45, 7) is 10.8. The summed E-state index contributed by atoms with van der Waals surface area (Å²) >= 11 is 0. The third-order valence-corrected chi connectivity index (χ3v) is 6.50. The van der Waals surface area contributed by atoms with E-state index in [1.807, 2.05) is 0 Å². The molecular weight excluding hydrogens is 360 g/mol. The first kappa shape index (κ1) is 20.5. The minimum Gasteiger partial charge on any atom is -0.488 e. The molecule has 3 aromatic carbocycles. The monoisotopic (exact) mass is 391 g/mol. The van der Waals surface area contributed by atoms with Crippen LogP contribution in [0.3, 0.4) is 0 Å². The van der Waals surface area contributed by atoms with Crippen molar-refractivity contribution < 1.29 is 4.74 Å². The first-order valence-corrected chi connectivity index (χ1v) is 11.2. The van der Waals surface area contributed by atoms with Gasteiger partial charge in [0.25, 0.3) is 0 Å². The van der Waals surface area contributed by atoms with Crippen LogP contribution in [0, 0.1) is 5.92 Å². The van der Waals surface area contributed by atoms with Gasteiger partial charge in [0.05, 0.1) is 10.9 Å². The van der Waals surface area contributed by atoms with Gasteiger partial charge in [0.15, 0.2) is 14.7 Å². The highest BCUT2D eigenvalue weighted by Crippen LogP contribution is 2.33. The van der Waals surface area contributed by atoms with E-state index in [1.54, 1.807) is 0 Å². The van der Waals surface area contributed by atoms with E-state index in [0.29, 0.717) is 5.92 Å². The van der Waals surface area contributed by atoms with Crippen molar-refractivity contribution in [3.8, 4) is 5.75 Å². The van der Waals surface area contributed by atoms with Gasteiger partial charge in [-0.25, -0.2) is 0 Å². The Morgan fingerprint density at radius 1 is 0.714 bits per heavy atom. The molecule has 2 heteroatoms. The van der Waals surface area contributed by atoms with E-state index in [9.17, 15) is 0 Å². The largest absolute Gasteiger partial charge is 0.488 e. The zero-order valence-corrected chi connectivity index (χ0v) is 18.4. The number of hydrogen-bond acceptors (Lipinski definition) is 1. The zero-order chi connectivity index (χ0) is 20.1. The summed E-state index contributed by atoms with van der Waals surface area (Å²) in [6.07, 6.45) is 1.12. The number of ether oxygens (including phenoxy) is 1. The van der Waals surface area contributed by atoms with Crippen LogP contribution in [0.15, 0.2) is 93.5 Å². The first-order valence-electron chi connectivity index (χ1n) is 9.99. The van der Waals surface area contributed by atoms with E-state index in [-0.39, 0.29) is 16.5 Å². The second-order valence-electron chi connectivity index (χ2n) is 8.55. The molecule has 3 aromatic rings. The molecule has 0 bridgehead atoms. The number of rotatable bonds is 6. The van der Waals surface area contributed by atoms with Crippen molar-refractivity contribution in [2.24, 2.45) is 5.92 Å². The fourth-order valence-corrected chi connectivity index (χ4v) is 5.26. The van der Waals surface area contributed by atoms with Crippen LogP contribution in [-0.4, -0.2) is 5.60 Å². The van der Waals surface area contributed by atoms with Gasteiger partial charge in [-0.2, -0.15) is 0 Å². The zero-order valence-electron chi connectivity index (χ0n) is 17.6. The first-order chi connectivity index (χ1) is 13.3. The molecular formula is C26H31OS+. The highest BCUT2D eigenvalue weighted by atomic mass is 32.2. The summed E-state index contributed by atoms with van der Waals surface area (Å²) in [4.78, 5) is 4.00. The third-order valence-electron chi connectivity index (χ3n) is 4.27. The van der Waals surface area contributed by atoms with Crippen LogP contribution in [0.1, 0.15) is 40.2 Å². The topological polar surface area (TPSA) is 9.23 Å². The normalized spacial score (nSPS) is 12.8. The lowest BCUT2D eigenvalue weighted by atomic mass is 10.0. The van der Waals surface area contributed by atoms with Crippen LogP contribution in [0.5, 0.6) is 5.75 Å². The number of benzene rings is 3. The lowest BCUT2D eigenvalue weighted by Crippen LogP contribution is -2.22. The molecule has 0 aliphatic rings. The molecule has 0 radical (unpaired) electrons. The molecule has 0 amide bonds. The van der Waals surface area contributed by atoms with Crippen LogP contribution in [-0.2, 0) is 17.3 Å². The minimum atomic E-state index is -0.186. The van der Waals surface area contributed by atoms with E-state index < -0.39 is 0 Å². The molecule has 0 heterocycles. The molecule has 1 nitrogen and oxygen atoms in total. The Kier molecular flexibility index (Phi) is 6.51. The fraction of sp³-hybridized carbons (Fsp3) is 0.308. The van der Waals surface area contributed by atoms with Gasteiger partial charge in [0.1, 0.15) is 11.4 Å². The average Bonchev–Trinajstić information content (AvgIpc) is 2.64. The highest BCUT2D eigenvalue weighted by molar-refractivity contribution is 7.97. The van der Waals surface area contributed by atoms with Crippen molar-refractivity contribution in [3.05, 3.63) is 84.4 Å². The van der Waals surface area contributed by atoms with Crippen molar-refractivity contribution in [3.63, 3.8) is 0 Å². The summed E-state index contributed by atoms with van der Waals surface area (Å²) in [7, 11) is -0.123. The standard InChI is InChI=1S/C26H31OS/c1-20(2)19-21-11-15-24(16-12-21)28(23-9-7-6-8-10-23)25-17-13-22(14-18-25)27-26(3,4)5/h6-18,20H,19H2,1-5H3/q+1. The van der Waals surface area contributed by atoms with Gasteiger partial charge in [0.2, 0.25) is 0 Å². The Labute approximate surface area is 173 Å². The Morgan fingerprint density at radius 3 is 1.71 bits per heavy atom. The van der Waals surface area contributed by atoms with Crippen LogP contribution in [0.25, 0.3) is 0 Å². The predicted molar refractivity (Wildman–Crippen MR) is 120 cm³/mol. The quantitative estimate of drug-likeness (QED) is 0.405. The molecule has 0 aromatic heterocycles. The average molecular weight is 392 g/mol. The fourth-order valence-electron chi connectivity index (χ4n) is 3.20. The van der Waals surface area contributed by atoms with E-state index in [1.165, 1.54) is 20.2 Å². The molecule has 0 spiro atoms. The summed E-state index contributed by atoms with van der Waals surface area (Å²) in [5, 5.41) is 0. The third kappa shape index (κ3) is 5.65. The van der Waals surface area contributed by atoms with Crippen molar-refractivity contribution in [1.29, 1.82) is 0 Å². The van der Waals surface area contributed by atoms with Gasteiger partial charge in [-0.1, -0.05) is 44.2 Å². The van der Waals surface area contributed by atoms with E-state index in [4.69, 9.17) is 4.74 Å². The van der Waals surface area contributed by atoms with Gasteiger partial charge < -0.3 is 4.74 Å². The summed E-state index contributed by atoms with van der Waals surface area (Å²) < 4.78 is 6.00. The lowest BCUT2D eigenvalue weighted by Gasteiger charge is -2.21. The SMILES string of the molecule is CC(C)Cc1ccc([S+](c2ccccc2)c2ccc(OC(C)(C)C)cc2)cc1. The lowest BCUT2D eigenvalue weighted by molar-refractivity contribution is 0.131. The van der Waals surface area contributed by atoms with Gasteiger partial charge in [-0.3, -0.25) is 0 Å². The second-order valence-corrected chi connectivity index (χ2v) is 10.6. The van der Waals surface area contributed by atoms with Crippen LogP contribution in [0.2, 0.25) is 0 Å². The maximum atomic E-state index is 6.00. The number of hydrogen-bond donors (Lipinski definition) is 0. The minimum absolute atomic E-state index is 0.123. The molecule has 0 aliphatic carbocycles. The smallest absolute Gasteiger partial charge is 0.166 e. The predicted octanol–water partition coefficient (Wildman–Crippen LogP) is 7.16. The van der Waals surface area contributed by atoms with Gasteiger partial charge in [-0.15, -0.1) is 0 Å². The Balaban J connectivity index is 1.94. The molecule has 1 unspecified atom stereocenters. The Hall–Kier alpha value is -2.19. The van der Waals surface area contributed by atoms with E-state index in [0.717, 1.165) is 12.2 Å². The molecule has 3 rings (SSSR count). The van der Waals surface area contributed by atoms with Gasteiger partial charge in [0, 0.05) is 0 Å². The summed E-state index contributed by atoms with van der Waals surface area (Å²) in [5.74, 6) is 1.59. The Morgan fingerprint density at radius 2 is 1.21 bits per heavy atom. The van der Waals surface area contributed by atoms with Crippen LogP contribution < -0.4 is 4.74 Å². The van der Waals surface area contributed by atoms with Crippen LogP contribution in [0.4, 0.5) is 0 Å². The van der Waals surface area contributed by atoms with E-state index in [2.05, 4.69) is 113 Å².